The summed E-state index contributed by atoms with van der Waals surface area (Å²) in [6.07, 6.45) is 0. The maximum Gasteiger partial charge on any atom is 0.251 e. The van der Waals surface area contributed by atoms with Crippen LogP contribution in [0.3, 0.4) is 0 Å². The number of likely N-dealkylation sites (N-methyl/N-ethyl adjacent to an activating group) is 1. The highest BCUT2D eigenvalue weighted by Gasteiger charge is 2.13. The summed E-state index contributed by atoms with van der Waals surface area (Å²) < 4.78 is 5.02. The fraction of sp³-hybridized carbons (Fsp3) is 0.429. The molecule has 0 heterocycles. The highest BCUT2D eigenvalue weighted by molar-refractivity contribution is 5.97. The van der Waals surface area contributed by atoms with E-state index in [0.717, 1.165) is 0 Å². The molecule has 0 bridgehead atoms. The standard InChI is InChI=1S/C14H21N3O3/c1-4-17(5-2)13(18)9-16-14(19)10-6-7-12(20-3)11(15)8-10/h6-8H,4-5,9,15H2,1-3H3,(H,16,19). The molecule has 110 valence electrons. The molecule has 0 saturated carbocycles. The van der Waals surface area contributed by atoms with E-state index in [1.165, 1.54) is 13.2 Å². The van der Waals surface area contributed by atoms with Crippen LogP contribution in [0.5, 0.6) is 5.75 Å². The monoisotopic (exact) mass is 279 g/mol. The van der Waals surface area contributed by atoms with Crippen molar-refractivity contribution in [3.05, 3.63) is 23.8 Å². The summed E-state index contributed by atoms with van der Waals surface area (Å²) in [5.41, 5.74) is 6.52. The number of nitrogens with zero attached hydrogens (tertiary/aromatic N) is 1. The van der Waals surface area contributed by atoms with Gasteiger partial charge in [-0.15, -0.1) is 0 Å². The van der Waals surface area contributed by atoms with E-state index in [1.807, 2.05) is 13.8 Å². The number of hydrogen-bond acceptors (Lipinski definition) is 4. The molecule has 0 spiro atoms. The van der Waals surface area contributed by atoms with E-state index in [2.05, 4.69) is 5.32 Å². The Bertz CT molecular complexity index is 485. The molecule has 0 fully saturated rings. The van der Waals surface area contributed by atoms with Gasteiger partial charge in [0.2, 0.25) is 5.91 Å². The minimum absolute atomic E-state index is 0.0214. The first-order valence-electron chi connectivity index (χ1n) is 6.52. The number of anilines is 1. The average molecular weight is 279 g/mol. The normalized spacial score (nSPS) is 9.95. The third kappa shape index (κ3) is 3.88. The van der Waals surface area contributed by atoms with Crippen LogP contribution in [0.25, 0.3) is 0 Å². The lowest BCUT2D eigenvalue weighted by Gasteiger charge is -2.18. The number of carbonyl (C=O) groups excluding carboxylic acids is 2. The number of nitrogens with one attached hydrogen (secondary N) is 1. The van der Waals surface area contributed by atoms with Gasteiger partial charge in [-0.25, -0.2) is 0 Å². The second kappa shape index (κ2) is 7.37. The van der Waals surface area contributed by atoms with E-state index < -0.39 is 0 Å². The first-order chi connectivity index (χ1) is 9.53. The average Bonchev–Trinajstić information content (AvgIpc) is 2.45. The zero-order valence-corrected chi connectivity index (χ0v) is 12.1. The number of nitrogen functional groups attached to an aromatic ring is 1. The van der Waals surface area contributed by atoms with Gasteiger partial charge in [-0.1, -0.05) is 0 Å². The van der Waals surface area contributed by atoms with E-state index >= 15 is 0 Å². The topological polar surface area (TPSA) is 84.7 Å². The van der Waals surface area contributed by atoms with Crippen LogP contribution >= 0.6 is 0 Å². The number of rotatable bonds is 6. The van der Waals surface area contributed by atoms with Crippen LogP contribution in [0.2, 0.25) is 0 Å². The number of benzene rings is 1. The molecule has 0 aromatic heterocycles. The number of carbonyl (C=O) groups is 2. The quantitative estimate of drug-likeness (QED) is 0.757. The van der Waals surface area contributed by atoms with E-state index in [-0.39, 0.29) is 18.4 Å². The molecule has 6 heteroatoms. The van der Waals surface area contributed by atoms with Gasteiger partial charge in [-0.2, -0.15) is 0 Å². The molecular formula is C14H21N3O3. The molecule has 0 atom stereocenters. The van der Waals surface area contributed by atoms with Crippen molar-refractivity contribution < 1.29 is 14.3 Å². The SMILES string of the molecule is CCN(CC)C(=O)CNC(=O)c1ccc(OC)c(N)c1. The molecular weight excluding hydrogens is 258 g/mol. The molecule has 3 N–H and O–H groups in total. The number of amides is 2. The predicted molar refractivity (Wildman–Crippen MR) is 77.7 cm³/mol. The first-order valence-corrected chi connectivity index (χ1v) is 6.52. The van der Waals surface area contributed by atoms with Crippen LogP contribution in [0.1, 0.15) is 24.2 Å². The number of methoxy groups -OCH3 is 1. The zero-order valence-electron chi connectivity index (χ0n) is 12.1. The second-order valence-corrected chi connectivity index (χ2v) is 4.21. The van der Waals surface area contributed by atoms with Gasteiger partial charge in [-0.3, -0.25) is 9.59 Å². The van der Waals surface area contributed by atoms with Gasteiger partial charge < -0.3 is 20.7 Å². The summed E-state index contributed by atoms with van der Waals surface area (Å²) in [5.74, 6) is 0.0745. The lowest BCUT2D eigenvalue weighted by atomic mass is 10.1. The molecule has 0 aliphatic rings. The van der Waals surface area contributed by atoms with Gasteiger partial charge in [-0.05, 0) is 32.0 Å². The summed E-state index contributed by atoms with van der Waals surface area (Å²) in [6, 6.07) is 4.75. The Kier molecular flexibility index (Phi) is 5.83. The van der Waals surface area contributed by atoms with Crippen molar-refractivity contribution in [3.8, 4) is 5.75 Å². The van der Waals surface area contributed by atoms with Gasteiger partial charge in [0, 0.05) is 18.7 Å². The molecule has 0 aliphatic carbocycles. The molecule has 0 saturated heterocycles. The van der Waals surface area contributed by atoms with Crippen molar-refractivity contribution in [3.63, 3.8) is 0 Å². The van der Waals surface area contributed by atoms with Gasteiger partial charge in [0.05, 0.1) is 19.3 Å². The van der Waals surface area contributed by atoms with E-state index in [0.29, 0.717) is 30.1 Å². The molecule has 0 radical (unpaired) electrons. The minimum Gasteiger partial charge on any atom is -0.495 e. The summed E-state index contributed by atoms with van der Waals surface area (Å²) in [7, 11) is 1.51. The van der Waals surface area contributed by atoms with Gasteiger partial charge in [0.1, 0.15) is 5.75 Å². The van der Waals surface area contributed by atoms with Crippen LogP contribution in [-0.2, 0) is 4.79 Å². The Labute approximate surface area is 118 Å². The molecule has 20 heavy (non-hydrogen) atoms. The Morgan fingerprint density at radius 1 is 1.30 bits per heavy atom. The van der Waals surface area contributed by atoms with Crippen LogP contribution in [0.15, 0.2) is 18.2 Å². The van der Waals surface area contributed by atoms with Crippen LogP contribution in [0, 0.1) is 0 Å². The molecule has 0 aliphatic heterocycles. The highest BCUT2D eigenvalue weighted by Crippen LogP contribution is 2.21. The van der Waals surface area contributed by atoms with Crippen molar-refractivity contribution in [2.24, 2.45) is 0 Å². The van der Waals surface area contributed by atoms with Gasteiger partial charge in [0.25, 0.3) is 5.91 Å². The number of ether oxygens (including phenoxy) is 1. The van der Waals surface area contributed by atoms with E-state index in [1.54, 1.807) is 17.0 Å². The molecule has 1 aromatic rings. The fourth-order valence-electron chi connectivity index (χ4n) is 1.82. The Hall–Kier alpha value is -2.24. The van der Waals surface area contributed by atoms with Crippen molar-refractivity contribution in [1.29, 1.82) is 0 Å². The van der Waals surface area contributed by atoms with Crippen LogP contribution in [-0.4, -0.2) is 43.5 Å². The summed E-state index contributed by atoms with van der Waals surface area (Å²) in [6.45, 7) is 5.02. The van der Waals surface area contributed by atoms with Gasteiger partial charge >= 0.3 is 0 Å². The first kappa shape index (κ1) is 15.8. The number of nitrogens with two attached hydrogens (primary N) is 1. The van der Waals surface area contributed by atoms with Gasteiger partial charge in [0.15, 0.2) is 0 Å². The van der Waals surface area contributed by atoms with Crippen molar-refractivity contribution >= 4 is 17.5 Å². The maximum atomic E-state index is 11.9. The smallest absolute Gasteiger partial charge is 0.251 e. The van der Waals surface area contributed by atoms with Crippen molar-refractivity contribution in [2.45, 2.75) is 13.8 Å². The minimum atomic E-state index is -0.333. The third-order valence-electron chi connectivity index (χ3n) is 3.01. The van der Waals surface area contributed by atoms with E-state index in [9.17, 15) is 9.59 Å². The Balaban J connectivity index is 2.63. The van der Waals surface area contributed by atoms with Crippen molar-refractivity contribution in [2.75, 3.05) is 32.5 Å². The summed E-state index contributed by atoms with van der Waals surface area (Å²) in [4.78, 5) is 25.4. The summed E-state index contributed by atoms with van der Waals surface area (Å²) >= 11 is 0. The lowest BCUT2D eigenvalue weighted by molar-refractivity contribution is -0.129. The molecule has 0 unspecified atom stereocenters. The number of hydrogen-bond donors (Lipinski definition) is 2. The molecule has 1 aromatic carbocycles. The van der Waals surface area contributed by atoms with E-state index in [4.69, 9.17) is 10.5 Å². The van der Waals surface area contributed by atoms with Crippen LogP contribution in [0.4, 0.5) is 5.69 Å². The molecule has 1 rings (SSSR count). The highest BCUT2D eigenvalue weighted by atomic mass is 16.5. The Morgan fingerprint density at radius 2 is 1.95 bits per heavy atom. The fourth-order valence-corrected chi connectivity index (χ4v) is 1.82. The Morgan fingerprint density at radius 3 is 2.45 bits per heavy atom. The largest absolute Gasteiger partial charge is 0.495 e. The van der Waals surface area contributed by atoms with Crippen molar-refractivity contribution in [1.82, 2.24) is 10.2 Å². The maximum absolute atomic E-state index is 11.9. The lowest BCUT2D eigenvalue weighted by Crippen LogP contribution is -2.40. The summed E-state index contributed by atoms with van der Waals surface area (Å²) in [5, 5.41) is 2.59. The van der Waals surface area contributed by atoms with Crippen LogP contribution < -0.4 is 15.8 Å². The zero-order chi connectivity index (χ0) is 15.1. The second-order valence-electron chi connectivity index (χ2n) is 4.21. The predicted octanol–water partition coefficient (Wildman–Crippen LogP) is 0.876. The third-order valence-corrected chi connectivity index (χ3v) is 3.01. The molecule has 2 amide bonds. The molecule has 6 nitrogen and oxygen atoms in total.